The molecule has 0 saturated heterocycles. The fourth-order valence-electron chi connectivity index (χ4n) is 2.67. The summed E-state index contributed by atoms with van der Waals surface area (Å²) in [5.41, 5.74) is 0.137. The molecule has 0 atom stereocenters. The lowest BCUT2D eigenvalue weighted by Gasteiger charge is -2.06. The fourth-order valence-corrected chi connectivity index (χ4v) is 2.67. The molecular formula is C18H15F5N4O3. The molecule has 0 N–H and O–H groups in total. The third-order valence-electron chi connectivity index (χ3n) is 3.95. The van der Waals surface area contributed by atoms with E-state index in [1.54, 1.807) is 0 Å². The van der Waals surface area contributed by atoms with Crippen molar-refractivity contribution in [2.24, 2.45) is 0 Å². The fraction of sp³-hybridized carbons (Fsp3) is 0.333. The van der Waals surface area contributed by atoms with Crippen molar-refractivity contribution in [2.75, 3.05) is 13.7 Å². The van der Waals surface area contributed by atoms with Gasteiger partial charge in [0.15, 0.2) is 5.78 Å². The molecule has 0 fully saturated rings. The quantitative estimate of drug-likeness (QED) is 0.402. The number of carbonyl (C=O) groups is 1. The van der Waals surface area contributed by atoms with Crippen molar-refractivity contribution < 1.29 is 36.2 Å². The molecule has 3 aromatic heterocycles. The number of rotatable bonds is 8. The Kier molecular flexibility index (Phi) is 6.25. The SMILES string of the molecule is COc1nc(CC(=O)c2cccc(C(F)F)n2)cn2cc(CCOC(F)(F)F)nc12. The van der Waals surface area contributed by atoms with Gasteiger partial charge in [0.1, 0.15) is 11.4 Å². The Labute approximate surface area is 166 Å². The van der Waals surface area contributed by atoms with Gasteiger partial charge in [-0.05, 0) is 12.1 Å². The molecule has 0 aliphatic rings. The van der Waals surface area contributed by atoms with Crippen molar-refractivity contribution in [3.8, 4) is 5.88 Å². The van der Waals surface area contributed by atoms with Gasteiger partial charge in [0, 0.05) is 18.8 Å². The van der Waals surface area contributed by atoms with Crippen LogP contribution in [0.25, 0.3) is 5.65 Å². The van der Waals surface area contributed by atoms with Crippen LogP contribution in [0.5, 0.6) is 5.88 Å². The monoisotopic (exact) mass is 430 g/mol. The summed E-state index contributed by atoms with van der Waals surface area (Å²) in [5.74, 6) is -0.483. The van der Waals surface area contributed by atoms with Crippen molar-refractivity contribution in [1.29, 1.82) is 0 Å². The normalized spacial score (nSPS) is 12.0. The molecule has 0 amide bonds. The number of ether oxygens (including phenoxy) is 2. The number of pyridine rings is 1. The van der Waals surface area contributed by atoms with Crippen molar-refractivity contribution >= 4 is 11.4 Å². The van der Waals surface area contributed by atoms with Crippen LogP contribution in [-0.2, 0) is 17.6 Å². The summed E-state index contributed by atoms with van der Waals surface area (Å²) in [5, 5.41) is 0. The first kappa shape index (κ1) is 21.6. The van der Waals surface area contributed by atoms with Gasteiger partial charge < -0.3 is 9.14 Å². The van der Waals surface area contributed by atoms with E-state index < -0.39 is 30.9 Å². The number of imidazole rings is 1. The van der Waals surface area contributed by atoms with Crippen LogP contribution in [0.15, 0.2) is 30.6 Å². The number of Topliss-reactive ketones (excluding diaryl/α,β-unsaturated/α-hetero) is 1. The summed E-state index contributed by atoms with van der Waals surface area (Å²) in [7, 11) is 1.32. The van der Waals surface area contributed by atoms with E-state index in [0.29, 0.717) is 5.69 Å². The maximum atomic E-state index is 12.8. The molecule has 3 aromatic rings. The Morgan fingerprint density at radius 1 is 1.13 bits per heavy atom. The molecule has 3 rings (SSSR count). The number of ketones is 1. The highest BCUT2D eigenvalue weighted by Gasteiger charge is 2.28. The largest absolute Gasteiger partial charge is 0.522 e. The Balaban J connectivity index is 1.81. The molecule has 160 valence electrons. The highest BCUT2D eigenvalue weighted by atomic mass is 19.4. The van der Waals surface area contributed by atoms with Gasteiger partial charge in [0.05, 0.1) is 31.5 Å². The summed E-state index contributed by atoms with van der Waals surface area (Å²) >= 11 is 0. The Hall–Kier alpha value is -3.15. The number of aromatic nitrogens is 4. The van der Waals surface area contributed by atoms with E-state index in [9.17, 15) is 26.7 Å². The summed E-state index contributed by atoms with van der Waals surface area (Å²) in [4.78, 5) is 24.4. The van der Waals surface area contributed by atoms with Crippen LogP contribution in [0.1, 0.15) is 34.0 Å². The highest BCUT2D eigenvalue weighted by Crippen LogP contribution is 2.21. The maximum Gasteiger partial charge on any atom is 0.522 e. The first-order valence-electron chi connectivity index (χ1n) is 8.57. The third kappa shape index (κ3) is 5.26. The van der Waals surface area contributed by atoms with Gasteiger partial charge in [0.2, 0.25) is 5.65 Å². The highest BCUT2D eigenvalue weighted by molar-refractivity contribution is 5.95. The zero-order chi connectivity index (χ0) is 21.9. The van der Waals surface area contributed by atoms with Crippen molar-refractivity contribution in [2.45, 2.75) is 25.6 Å². The lowest BCUT2D eigenvalue weighted by Crippen LogP contribution is -2.15. The molecule has 0 aromatic carbocycles. The predicted molar refractivity (Wildman–Crippen MR) is 92.5 cm³/mol. The summed E-state index contributed by atoms with van der Waals surface area (Å²) in [6.07, 6.45) is -4.99. The number of halogens is 5. The van der Waals surface area contributed by atoms with E-state index >= 15 is 0 Å². The standard InChI is InChI=1S/C18H15F5N4O3/c1-29-17-16-24-10(5-6-30-18(21,22)23)8-27(16)9-11(25-17)7-14(28)12-3-2-4-13(26-12)15(19)20/h2-4,8-9,15H,5-7H2,1H3. The predicted octanol–water partition coefficient (Wildman–Crippen LogP) is 3.57. The summed E-state index contributed by atoms with van der Waals surface area (Å²) < 4.78 is 72.2. The van der Waals surface area contributed by atoms with Crippen LogP contribution in [0.4, 0.5) is 22.0 Å². The molecule has 0 radical (unpaired) electrons. The Bertz CT molecular complexity index is 1050. The molecule has 0 aliphatic carbocycles. The number of alkyl halides is 5. The first-order valence-corrected chi connectivity index (χ1v) is 8.57. The molecule has 30 heavy (non-hydrogen) atoms. The third-order valence-corrected chi connectivity index (χ3v) is 3.95. The summed E-state index contributed by atoms with van der Waals surface area (Å²) in [6, 6.07) is 3.74. The van der Waals surface area contributed by atoms with Gasteiger partial charge in [0.25, 0.3) is 12.3 Å². The van der Waals surface area contributed by atoms with E-state index in [0.717, 1.165) is 6.07 Å². The van der Waals surface area contributed by atoms with Crippen LogP contribution >= 0.6 is 0 Å². The number of fused-ring (bicyclic) bond motifs is 1. The Morgan fingerprint density at radius 3 is 2.53 bits per heavy atom. The van der Waals surface area contributed by atoms with Crippen LogP contribution in [0.2, 0.25) is 0 Å². The molecule has 0 saturated carbocycles. The molecule has 0 aliphatic heterocycles. The number of hydrogen-bond donors (Lipinski definition) is 0. The second kappa shape index (κ2) is 8.69. The van der Waals surface area contributed by atoms with E-state index in [4.69, 9.17) is 4.74 Å². The molecule has 0 unspecified atom stereocenters. The van der Waals surface area contributed by atoms with Gasteiger partial charge in [-0.1, -0.05) is 6.07 Å². The van der Waals surface area contributed by atoms with Crippen LogP contribution in [0.3, 0.4) is 0 Å². The topological polar surface area (TPSA) is 78.6 Å². The lowest BCUT2D eigenvalue weighted by molar-refractivity contribution is -0.324. The minimum atomic E-state index is -4.73. The molecule has 12 heteroatoms. The van der Waals surface area contributed by atoms with E-state index in [1.165, 1.54) is 36.0 Å². The zero-order valence-corrected chi connectivity index (χ0v) is 15.5. The minimum absolute atomic E-state index is 0.0533. The second-order valence-electron chi connectivity index (χ2n) is 6.10. The van der Waals surface area contributed by atoms with Gasteiger partial charge in [-0.3, -0.25) is 9.53 Å². The minimum Gasteiger partial charge on any atom is -0.478 e. The molecule has 3 heterocycles. The second-order valence-corrected chi connectivity index (χ2v) is 6.10. The Morgan fingerprint density at radius 2 is 1.87 bits per heavy atom. The lowest BCUT2D eigenvalue weighted by atomic mass is 10.1. The van der Waals surface area contributed by atoms with Crippen molar-refractivity contribution in [3.05, 3.63) is 53.4 Å². The average molecular weight is 430 g/mol. The average Bonchev–Trinajstić information content (AvgIpc) is 3.09. The summed E-state index contributed by atoms with van der Waals surface area (Å²) in [6.45, 7) is -0.611. The van der Waals surface area contributed by atoms with Gasteiger partial charge in [-0.2, -0.15) is 0 Å². The van der Waals surface area contributed by atoms with Crippen molar-refractivity contribution in [3.63, 3.8) is 0 Å². The van der Waals surface area contributed by atoms with Gasteiger partial charge >= 0.3 is 6.36 Å². The van der Waals surface area contributed by atoms with E-state index in [1.807, 2.05) is 0 Å². The molecule has 0 spiro atoms. The number of carbonyl (C=O) groups excluding carboxylic acids is 1. The van der Waals surface area contributed by atoms with Gasteiger partial charge in [-0.15, -0.1) is 13.2 Å². The zero-order valence-electron chi connectivity index (χ0n) is 15.5. The maximum absolute atomic E-state index is 12.8. The first-order chi connectivity index (χ1) is 14.2. The van der Waals surface area contributed by atoms with Crippen LogP contribution in [0, 0.1) is 0 Å². The molecular weight excluding hydrogens is 415 g/mol. The van der Waals surface area contributed by atoms with Gasteiger partial charge in [-0.25, -0.2) is 23.7 Å². The number of methoxy groups -OCH3 is 1. The smallest absolute Gasteiger partial charge is 0.478 e. The van der Waals surface area contributed by atoms with E-state index in [-0.39, 0.29) is 35.8 Å². The molecule has 0 bridgehead atoms. The van der Waals surface area contributed by atoms with Crippen molar-refractivity contribution in [1.82, 2.24) is 19.4 Å². The number of hydrogen-bond acceptors (Lipinski definition) is 6. The van der Waals surface area contributed by atoms with Crippen LogP contribution in [-0.4, -0.2) is 45.2 Å². The number of nitrogens with zero attached hydrogens (tertiary/aromatic N) is 4. The van der Waals surface area contributed by atoms with Crippen LogP contribution < -0.4 is 4.74 Å². The van der Waals surface area contributed by atoms with E-state index in [2.05, 4.69) is 19.7 Å². The molecule has 7 nitrogen and oxygen atoms in total.